The summed E-state index contributed by atoms with van der Waals surface area (Å²) in [6.07, 6.45) is -5.07. The van der Waals surface area contributed by atoms with Gasteiger partial charge < -0.3 is 20.3 Å². The summed E-state index contributed by atoms with van der Waals surface area (Å²) in [5, 5.41) is 4.75. The van der Waals surface area contributed by atoms with Crippen molar-refractivity contribution in [1.29, 1.82) is 0 Å². The first kappa shape index (κ1) is 29.3. The van der Waals surface area contributed by atoms with Gasteiger partial charge in [0, 0.05) is 0 Å². The fourth-order valence-electron chi connectivity index (χ4n) is 3.92. The molecule has 210 valence electrons. The number of rotatable bonds is 6. The summed E-state index contributed by atoms with van der Waals surface area (Å²) in [5.41, 5.74) is -5.13. The minimum Gasteiger partial charge on any atom is -0.467 e. The van der Waals surface area contributed by atoms with Crippen LogP contribution < -0.4 is 15.5 Å². The number of esters is 1. The first-order valence-electron chi connectivity index (χ1n) is 11.4. The van der Waals surface area contributed by atoms with E-state index >= 15 is 0 Å². The van der Waals surface area contributed by atoms with Crippen LogP contribution in [-0.4, -0.2) is 47.0 Å². The second-order valence-electron chi connectivity index (χ2n) is 9.73. The molecule has 5 amide bonds. The number of carbonyl (C=O) groups is 4. The summed E-state index contributed by atoms with van der Waals surface area (Å²) in [4.78, 5) is 52.4. The normalized spacial score (nSPS) is 15.4. The van der Waals surface area contributed by atoms with Crippen LogP contribution in [0.5, 0.6) is 0 Å². The van der Waals surface area contributed by atoms with E-state index in [4.69, 9.17) is 0 Å². The zero-order valence-electron chi connectivity index (χ0n) is 21.5. The molecule has 1 fully saturated rings. The van der Waals surface area contributed by atoms with E-state index in [1.165, 1.54) is 33.8 Å². The van der Waals surface area contributed by atoms with Crippen molar-refractivity contribution in [3.63, 3.8) is 0 Å². The monoisotopic (exact) mass is 556 g/mol. The average Bonchev–Trinajstić information content (AvgIpc) is 2.98. The number of hydrogen-bond acceptors (Lipinski definition) is 5. The molecule has 1 heterocycles. The number of anilines is 2. The third kappa shape index (κ3) is 5.78. The molecule has 2 N–H and O–H groups in total. The average molecular weight is 556 g/mol. The van der Waals surface area contributed by atoms with Crippen LogP contribution in [0.1, 0.15) is 38.8 Å². The zero-order valence-corrected chi connectivity index (χ0v) is 21.5. The fourth-order valence-corrected chi connectivity index (χ4v) is 3.92. The lowest BCUT2D eigenvalue weighted by Crippen LogP contribution is -2.51. The predicted octanol–water partition coefficient (Wildman–Crippen LogP) is 4.80. The number of nitrogens with one attached hydrogen (secondary N) is 2. The highest BCUT2D eigenvalue weighted by atomic mass is 19.4. The third-order valence-corrected chi connectivity index (χ3v) is 6.11. The van der Waals surface area contributed by atoms with Gasteiger partial charge in [-0.05, 0) is 63.6 Å². The number of nitrogens with zero attached hydrogens (tertiary/aromatic N) is 2. The summed E-state index contributed by atoms with van der Waals surface area (Å²) in [5.74, 6) is -3.97. The molecule has 1 saturated heterocycles. The Kier molecular flexibility index (Phi) is 7.63. The number of ether oxygens (including phenoxy) is 1. The fraction of sp³-hybridized carbons (Fsp3) is 0.360. The molecule has 0 bridgehead atoms. The van der Waals surface area contributed by atoms with Crippen molar-refractivity contribution < 1.29 is 45.9 Å². The van der Waals surface area contributed by atoms with Crippen molar-refractivity contribution in [1.82, 2.24) is 10.2 Å². The highest BCUT2D eigenvalue weighted by Crippen LogP contribution is 2.38. The van der Waals surface area contributed by atoms with Crippen LogP contribution in [-0.2, 0) is 27.0 Å². The molecule has 0 radical (unpaired) electrons. The van der Waals surface area contributed by atoms with E-state index in [1.54, 1.807) is 0 Å². The maximum Gasteiger partial charge on any atom is 0.419 e. The Balaban J connectivity index is 1.93. The van der Waals surface area contributed by atoms with Gasteiger partial charge in [-0.3, -0.25) is 4.79 Å². The van der Waals surface area contributed by atoms with Crippen molar-refractivity contribution in [3.05, 3.63) is 59.2 Å². The second-order valence-corrected chi connectivity index (χ2v) is 9.73. The molecule has 0 spiro atoms. The minimum atomic E-state index is -5.07. The Morgan fingerprint density at radius 1 is 1.03 bits per heavy atom. The SMILES string of the molecule is COC(=O)C(C)(C)NC(=O)Nc1cc(F)ccc1CN1C(=O)N(c2ccc(F)c(C(F)(F)F)c2)C(=O)C1(C)C. The van der Waals surface area contributed by atoms with Gasteiger partial charge in [0.2, 0.25) is 0 Å². The molecule has 0 saturated carbocycles. The number of carbonyl (C=O) groups excluding carboxylic acids is 4. The molecule has 1 aliphatic heterocycles. The Bertz CT molecular complexity index is 1340. The summed E-state index contributed by atoms with van der Waals surface area (Å²) < 4.78 is 72.2. The number of benzene rings is 2. The van der Waals surface area contributed by atoms with Crippen LogP contribution >= 0.6 is 0 Å². The van der Waals surface area contributed by atoms with Crippen LogP contribution in [0.2, 0.25) is 0 Å². The third-order valence-electron chi connectivity index (χ3n) is 6.11. The van der Waals surface area contributed by atoms with E-state index in [0.717, 1.165) is 30.2 Å². The number of halogens is 5. The second kappa shape index (κ2) is 10.2. The quantitative estimate of drug-likeness (QED) is 0.302. The lowest BCUT2D eigenvalue weighted by atomic mass is 10.0. The lowest BCUT2D eigenvalue weighted by Gasteiger charge is -2.29. The molecular weight excluding hydrogens is 531 g/mol. The molecular formula is C25H25F5N4O5. The summed E-state index contributed by atoms with van der Waals surface area (Å²) >= 11 is 0. The molecule has 2 aromatic carbocycles. The van der Waals surface area contributed by atoms with Gasteiger partial charge in [0.1, 0.15) is 22.7 Å². The van der Waals surface area contributed by atoms with E-state index in [2.05, 4.69) is 15.4 Å². The molecule has 1 aliphatic rings. The van der Waals surface area contributed by atoms with Gasteiger partial charge in [0.15, 0.2) is 0 Å². The van der Waals surface area contributed by atoms with Gasteiger partial charge in [0.25, 0.3) is 5.91 Å². The Hall–Kier alpha value is -4.23. The van der Waals surface area contributed by atoms with Crippen molar-refractivity contribution in [2.45, 2.75) is 51.5 Å². The smallest absolute Gasteiger partial charge is 0.419 e. The van der Waals surface area contributed by atoms with Crippen LogP contribution in [0.25, 0.3) is 0 Å². The van der Waals surface area contributed by atoms with Crippen LogP contribution in [0.15, 0.2) is 36.4 Å². The van der Waals surface area contributed by atoms with Crippen molar-refractivity contribution in [2.75, 3.05) is 17.3 Å². The van der Waals surface area contributed by atoms with E-state index in [1.807, 2.05) is 0 Å². The summed E-state index contributed by atoms with van der Waals surface area (Å²) in [6.45, 7) is 5.07. The van der Waals surface area contributed by atoms with Crippen molar-refractivity contribution >= 4 is 35.3 Å². The topological polar surface area (TPSA) is 108 Å². The first-order chi connectivity index (χ1) is 17.9. The molecule has 9 nitrogen and oxygen atoms in total. The van der Waals surface area contributed by atoms with Crippen LogP contribution in [0.4, 0.5) is 42.9 Å². The molecule has 2 aromatic rings. The summed E-state index contributed by atoms with van der Waals surface area (Å²) in [7, 11) is 1.13. The zero-order chi connectivity index (χ0) is 29.5. The number of methoxy groups -OCH3 is 1. The summed E-state index contributed by atoms with van der Waals surface area (Å²) in [6, 6.07) is 3.05. The van der Waals surface area contributed by atoms with Gasteiger partial charge in [0.05, 0.1) is 30.6 Å². The van der Waals surface area contributed by atoms with E-state index in [-0.39, 0.29) is 17.8 Å². The van der Waals surface area contributed by atoms with Gasteiger partial charge >= 0.3 is 24.2 Å². The Labute approximate surface area is 219 Å². The molecule has 0 aromatic heterocycles. The maximum atomic E-state index is 14.1. The largest absolute Gasteiger partial charge is 0.467 e. The van der Waals surface area contributed by atoms with Crippen LogP contribution in [0, 0.1) is 11.6 Å². The number of imide groups is 1. The van der Waals surface area contributed by atoms with Crippen molar-refractivity contribution in [2.24, 2.45) is 0 Å². The highest BCUT2D eigenvalue weighted by Gasteiger charge is 2.52. The standard InChI is InChI=1S/C25H25F5N4O5/c1-23(2,20(36)39-5)32-21(37)31-18-10-14(26)7-6-13(18)12-33-22(38)34(19(35)24(33,3)4)15-8-9-17(27)16(11-15)25(28,29)30/h6-11H,12H2,1-5H3,(H2,31,32,37). The molecule has 0 aliphatic carbocycles. The Morgan fingerprint density at radius 3 is 2.26 bits per heavy atom. The highest BCUT2D eigenvalue weighted by molar-refractivity contribution is 6.23. The number of urea groups is 2. The maximum absolute atomic E-state index is 14.1. The molecule has 3 rings (SSSR count). The van der Waals surface area contributed by atoms with Crippen molar-refractivity contribution in [3.8, 4) is 0 Å². The van der Waals surface area contributed by atoms with E-state index in [9.17, 15) is 41.1 Å². The van der Waals surface area contributed by atoms with E-state index in [0.29, 0.717) is 17.0 Å². The van der Waals surface area contributed by atoms with Gasteiger partial charge in [-0.25, -0.2) is 28.1 Å². The van der Waals surface area contributed by atoms with E-state index < -0.39 is 64.1 Å². The molecule has 0 unspecified atom stereocenters. The number of alkyl halides is 3. The minimum absolute atomic E-state index is 0.108. The van der Waals surface area contributed by atoms with Crippen LogP contribution in [0.3, 0.4) is 0 Å². The van der Waals surface area contributed by atoms with Gasteiger partial charge in [-0.15, -0.1) is 0 Å². The molecule has 39 heavy (non-hydrogen) atoms. The Morgan fingerprint density at radius 2 is 1.67 bits per heavy atom. The van der Waals surface area contributed by atoms with Gasteiger partial charge in [-0.2, -0.15) is 13.2 Å². The molecule has 0 atom stereocenters. The lowest BCUT2D eigenvalue weighted by molar-refractivity contribution is -0.146. The molecule has 14 heteroatoms. The number of amides is 5. The first-order valence-corrected chi connectivity index (χ1v) is 11.4. The van der Waals surface area contributed by atoms with Gasteiger partial charge in [-0.1, -0.05) is 6.07 Å². The predicted molar refractivity (Wildman–Crippen MR) is 129 cm³/mol. The number of hydrogen-bond donors (Lipinski definition) is 2.